The number of ether oxygens (including phenoxy) is 2. The van der Waals surface area contributed by atoms with E-state index < -0.39 is 23.2 Å². The molecule has 0 bridgehead atoms. The normalized spacial score (nSPS) is 24.9. The van der Waals surface area contributed by atoms with Crippen molar-refractivity contribution in [2.24, 2.45) is 0 Å². The van der Waals surface area contributed by atoms with Gasteiger partial charge in [0, 0.05) is 12.1 Å². The van der Waals surface area contributed by atoms with E-state index in [2.05, 4.69) is 15.5 Å². The fourth-order valence-corrected chi connectivity index (χ4v) is 2.20. The summed E-state index contributed by atoms with van der Waals surface area (Å²) in [5.41, 5.74) is -0.825. The van der Waals surface area contributed by atoms with E-state index in [9.17, 15) is 9.59 Å². The molecule has 1 amide bonds. The highest BCUT2D eigenvalue weighted by Crippen LogP contribution is 2.52. The third kappa shape index (κ3) is 2.76. The number of esters is 1. The van der Waals surface area contributed by atoms with Crippen molar-refractivity contribution in [1.29, 1.82) is 0 Å². The number of nitrogens with zero attached hydrogens (tertiary/aromatic N) is 1. The Morgan fingerprint density at radius 2 is 2.20 bits per heavy atom. The van der Waals surface area contributed by atoms with Crippen molar-refractivity contribution in [3.63, 3.8) is 0 Å². The monoisotopic (exact) mass is 281 g/mol. The Kier molecular flexibility index (Phi) is 3.45. The number of rotatable bonds is 3. The first-order valence-corrected chi connectivity index (χ1v) is 6.37. The number of hydrogen-bond acceptors (Lipinski definition) is 5. The Bertz CT molecular complexity index is 506. The van der Waals surface area contributed by atoms with Crippen molar-refractivity contribution in [3.05, 3.63) is 18.0 Å². The maximum Gasteiger partial charge on any atom is 0.408 e. The zero-order valence-corrected chi connectivity index (χ0v) is 12.0. The lowest BCUT2D eigenvalue weighted by atomic mass is 10.1. The SMILES string of the molecule is COC(=O)[C@]1(NC(=O)OC(C)(C)C)C[C@H]1c1cn[nH]c1. The van der Waals surface area contributed by atoms with E-state index in [0.29, 0.717) is 6.42 Å². The highest BCUT2D eigenvalue weighted by atomic mass is 16.6. The van der Waals surface area contributed by atoms with Crippen LogP contribution >= 0.6 is 0 Å². The number of amides is 1. The summed E-state index contributed by atoms with van der Waals surface area (Å²) in [5.74, 6) is -0.629. The molecule has 0 aliphatic heterocycles. The smallest absolute Gasteiger partial charge is 0.408 e. The molecule has 1 aromatic heterocycles. The molecule has 0 spiro atoms. The first kappa shape index (κ1) is 14.4. The maximum absolute atomic E-state index is 12.0. The van der Waals surface area contributed by atoms with Crippen molar-refractivity contribution in [2.45, 2.75) is 44.2 Å². The van der Waals surface area contributed by atoms with E-state index in [1.807, 2.05) is 0 Å². The fraction of sp³-hybridized carbons (Fsp3) is 0.615. The summed E-state index contributed by atoms with van der Waals surface area (Å²) in [5, 5.41) is 9.18. The van der Waals surface area contributed by atoms with Crippen LogP contribution in [0.15, 0.2) is 12.4 Å². The second kappa shape index (κ2) is 4.81. The number of methoxy groups -OCH3 is 1. The summed E-state index contributed by atoms with van der Waals surface area (Å²) in [6.45, 7) is 5.29. The summed E-state index contributed by atoms with van der Waals surface area (Å²) in [7, 11) is 1.30. The summed E-state index contributed by atoms with van der Waals surface area (Å²) in [6, 6.07) is 0. The van der Waals surface area contributed by atoms with Crippen molar-refractivity contribution in [3.8, 4) is 0 Å². The molecule has 110 valence electrons. The van der Waals surface area contributed by atoms with E-state index >= 15 is 0 Å². The van der Waals surface area contributed by atoms with Crippen LogP contribution in [0.25, 0.3) is 0 Å². The quantitative estimate of drug-likeness (QED) is 0.815. The molecule has 2 rings (SSSR count). The number of hydrogen-bond donors (Lipinski definition) is 2. The highest BCUT2D eigenvalue weighted by molar-refractivity contribution is 5.91. The fourth-order valence-electron chi connectivity index (χ4n) is 2.20. The van der Waals surface area contributed by atoms with Crippen LogP contribution in [0.1, 0.15) is 38.7 Å². The zero-order valence-electron chi connectivity index (χ0n) is 12.0. The summed E-state index contributed by atoms with van der Waals surface area (Å²) in [6.07, 6.45) is 3.17. The van der Waals surface area contributed by atoms with Gasteiger partial charge in [0.15, 0.2) is 0 Å². The predicted molar refractivity (Wildman–Crippen MR) is 70.1 cm³/mol. The van der Waals surface area contributed by atoms with Gasteiger partial charge in [0.05, 0.1) is 13.3 Å². The number of H-pyrrole nitrogens is 1. The van der Waals surface area contributed by atoms with E-state index in [-0.39, 0.29) is 5.92 Å². The molecule has 7 nitrogen and oxygen atoms in total. The molecule has 1 aliphatic rings. The molecule has 7 heteroatoms. The van der Waals surface area contributed by atoms with Crippen molar-refractivity contribution < 1.29 is 19.1 Å². The molecule has 1 heterocycles. The number of aromatic nitrogens is 2. The second-order valence-electron chi connectivity index (χ2n) is 5.88. The van der Waals surface area contributed by atoms with Gasteiger partial charge in [0.2, 0.25) is 0 Å². The van der Waals surface area contributed by atoms with E-state index in [1.165, 1.54) is 7.11 Å². The first-order chi connectivity index (χ1) is 9.28. The van der Waals surface area contributed by atoms with Gasteiger partial charge in [-0.2, -0.15) is 5.10 Å². The van der Waals surface area contributed by atoms with Crippen molar-refractivity contribution in [1.82, 2.24) is 15.5 Å². The number of nitrogens with one attached hydrogen (secondary N) is 2. The number of alkyl carbamates (subject to hydrolysis) is 1. The molecular weight excluding hydrogens is 262 g/mol. The number of carbonyl (C=O) groups excluding carboxylic acids is 2. The summed E-state index contributed by atoms with van der Waals surface area (Å²) < 4.78 is 9.99. The van der Waals surface area contributed by atoms with Crippen molar-refractivity contribution in [2.75, 3.05) is 7.11 Å². The number of carbonyl (C=O) groups is 2. The van der Waals surface area contributed by atoms with Crippen LogP contribution in [0.4, 0.5) is 4.79 Å². The van der Waals surface area contributed by atoms with Crippen LogP contribution < -0.4 is 5.32 Å². The van der Waals surface area contributed by atoms with Gasteiger partial charge >= 0.3 is 12.1 Å². The van der Waals surface area contributed by atoms with Crippen LogP contribution in [-0.4, -0.2) is 40.5 Å². The zero-order chi connectivity index (χ0) is 15.0. The van der Waals surface area contributed by atoms with Crippen LogP contribution in [0.5, 0.6) is 0 Å². The Hall–Kier alpha value is -2.05. The lowest BCUT2D eigenvalue weighted by Crippen LogP contribution is -2.47. The lowest BCUT2D eigenvalue weighted by molar-refractivity contribution is -0.144. The van der Waals surface area contributed by atoms with Crippen LogP contribution in [-0.2, 0) is 14.3 Å². The van der Waals surface area contributed by atoms with Gasteiger partial charge in [-0.05, 0) is 32.8 Å². The average molecular weight is 281 g/mol. The molecule has 1 fully saturated rings. The topological polar surface area (TPSA) is 93.3 Å². The first-order valence-electron chi connectivity index (χ1n) is 6.37. The van der Waals surface area contributed by atoms with Crippen LogP contribution in [0.2, 0.25) is 0 Å². The minimum Gasteiger partial charge on any atom is -0.467 e. The second-order valence-corrected chi connectivity index (χ2v) is 5.88. The van der Waals surface area contributed by atoms with Gasteiger partial charge in [-0.15, -0.1) is 0 Å². The molecule has 20 heavy (non-hydrogen) atoms. The van der Waals surface area contributed by atoms with Gasteiger partial charge < -0.3 is 14.8 Å². The lowest BCUT2D eigenvalue weighted by Gasteiger charge is -2.23. The summed E-state index contributed by atoms with van der Waals surface area (Å²) >= 11 is 0. The van der Waals surface area contributed by atoms with E-state index in [0.717, 1.165) is 5.56 Å². The minimum atomic E-state index is -1.05. The molecule has 1 aliphatic carbocycles. The number of aromatic amines is 1. The minimum absolute atomic E-state index is 0.152. The standard InChI is InChI=1S/C13H19N3O4/c1-12(2,3)20-11(18)16-13(10(17)19-4)5-9(13)8-6-14-15-7-8/h6-7,9H,5H2,1-4H3,(H,14,15)(H,16,18)/t9-,13-/m0/s1. The molecule has 1 saturated carbocycles. The average Bonchev–Trinajstić information content (AvgIpc) is 2.82. The molecule has 0 unspecified atom stereocenters. The Morgan fingerprint density at radius 3 is 2.70 bits per heavy atom. The third-order valence-corrected chi connectivity index (χ3v) is 3.16. The van der Waals surface area contributed by atoms with Crippen LogP contribution in [0, 0.1) is 0 Å². The predicted octanol–water partition coefficient (Wildman–Crippen LogP) is 1.33. The van der Waals surface area contributed by atoms with Gasteiger partial charge in [-0.3, -0.25) is 5.10 Å². The largest absolute Gasteiger partial charge is 0.467 e. The van der Waals surface area contributed by atoms with Gasteiger partial charge in [0.25, 0.3) is 0 Å². The molecule has 0 saturated heterocycles. The molecule has 0 radical (unpaired) electrons. The molecular formula is C13H19N3O4. The molecule has 2 atom stereocenters. The Balaban J connectivity index is 2.11. The van der Waals surface area contributed by atoms with Crippen LogP contribution in [0.3, 0.4) is 0 Å². The third-order valence-electron chi connectivity index (χ3n) is 3.16. The van der Waals surface area contributed by atoms with Crippen molar-refractivity contribution >= 4 is 12.1 Å². The maximum atomic E-state index is 12.0. The molecule has 0 aromatic carbocycles. The Labute approximate surface area is 117 Å². The van der Waals surface area contributed by atoms with E-state index in [1.54, 1.807) is 33.2 Å². The van der Waals surface area contributed by atoms with Gasteiger partial charge in [0.1, 0.15) is 11.1 Å². The Morgan fingerprint density at radius 1 is 1.50 bits per heavy atom. The molecule has 2 N–H and O–H groups in total. The highest BCUT2D eigenvalue weighted by Gasteiger charge is 2.63. The van der Waals surface area contributed by atoms with Gasteiger partial charge in [-0.25, -0.2) is 9.59 Å². The van der Waals surface area contributed by atoms with Gasteiger partial charge in [-0.1, -0.05) is 0 Å². The van der Waals surface area contributed by atoms with E-state index in [4.69, 9.17) is 9.47 Å². The molecule has 1 aromatic rings. The summed E-state index contributed by atoms with van der Waals surface area (Å²) in [4.78, 5) is 23.9.